The van der Waals surface area contributed by atoms with Gasteiger partial charge in [0.05, 0.1) is 12.0 Å². The average Bonchev–Trinajstić information content (AvgIpc) is 2.37. The summed E-state index contributed by atoms with van der Waals surface area (Å²) < 4.78 is 13.5. The summed E-state index contributed by atoms with van der Waals surface area (Å²) in [7, 11) is 0. The first kappa shape index (κ1) is 15.9. The molecule has 4 nitrogen and oxygen atoms in total. The van der Waals surface area contributed by atoms with Gasteiger partial charge < -0.3 is 15.5 Å². The van der Waals surface area contributed by atoms with Crippen molar-refractivity contribution in [1.82, 2.24) is 5.32 Å². The minimum atomic E-state index is -1.20. The minimum absolute atomic E-state index is 0.0489. The Labute approximate surface area is 116 Å². The number of halogens is 2. The lowest BCUT2D eigenvalue weighted by Crippen LogP contribution is -2.27. The first-order valence-electron chi connectivity index (χ1n) is 5.90. The second kappa shape index (κ2) is 7.43. The van der Waals surface area contributed by atoms with Crippen molar-refractivity contribution in [3.8, 4) is 0 Å². The number of hydrogen-bond donors (Lipinski definition) is 3. The van der Waals surface area contributed by atoms with Gasteiger partial charge in [0.25, 0.3) is 0 Å². The van der Waals surface area contributed by atoms with E-state index in [4.69, 9.17) is 11.6 Å². The van der Waals surface area contributed by atoms with Gasteiger partial charge in [-0.15, -0.1) is 11.6 Å². The summed E-state index contributed by atoms with van der Waals surface area (Å²) in [6, 6.07) is 4.15. The summed E-state index contributed by atoms with van der Waals surface area (Å²) in [6.07, 6.45) is -2.10. The fourth-order valence-corrected chi connectivity index (χ4v) is 1.85. The van der Waals surface area contributed by atoms with Crippen molar-refractivity contribution in [1.29, 1.82) is 0 Å². The lowest BCUT2D eigenvalue weighted by Gasteiger charge is -2.18. The highest BCUT2D eigenvalue weighted by Crippen LogP contribution is 2.22. The van der Waals surface area contributed by atoms with Crippen LogP contribution in [-0.4, -0.2) is 28.8 Å². The Morgan fingerprint density at radius 2 is 2.16 bits per heavy atom. The molecule has 2 unspecified atom stereocenters. The number of carbonyl (C=O) groups is 1. The molecule has 3 N–H and O–H groups in total. The summed E-state index contributed by atoms with van der Waals surface area (Å²) >= 11 is 5.53. The van der Waals surface area contributed by atoms with E-state index in [9.17, 15) is 19.4 Å². The largest absolute Gasteiger partial charge is 0.390 e. The van der Waals surface area contributed by atoms with Crippen LogP contribution in [0.1, 0.15) is 30.6 Å². The van der Waals surface area contributed by atoms with E-state index in [1.54, 1.807) is 0 Å². The molecule has 6 heteroatoms. The van der Waals surface area contributed by atoms with Crippen LogP contribution in [0.2, 0.25) is 0 Å². The second-order valence-electron chi connectivity index (χ2n) is 4.27. The minimum Gasteiger partial charge on any atom is -0.390 e. The average molecular weight is 290 g/mol. The van der Waals surface area contributed by atoms with Crippen molar-refractivity contribution in [3.05, 3.63) is 35.1 Å². The molecule has 1 amide bonds. The van der Waals surface area contributed by atoms with Crippen LogP contribution in [0.15, 0.2) is 18.2 Å². The molecular formula is C13H17ClFNO3. The molecule has 0 heterocycles. The van der Waals surface area contributed by atoms with Gasteiger partial charge in [-0.25, -0.2) is 4.39 Å². The van der Waals surface area contributed by atoms with Crippen LogP contribution in [0.4, 0.5) is 4.39 Å². The second-order valence-corrected chi connectivity index (χ2v) is 4.54. The molecular weight excluding hydrogens is 273 g/mol. The fraction of sp³-hybridized carbons (Fsp3) is 0.462. The Balaban J connectivity index is 2.63. The molecule has 1 aromatic rings. The number of nitrogens with one attached hydrogen (secondary N) is 1. The van der Waals surface area contributed by atoms with Gasteiger partial charge in [-0.2, -0.15) is 0 Å². The number of hydrogen-bond acceptors (Lipinski definition) is 3. The Kier molecular flexibility index (Phi) is 6.21. The number of rotatable bonds is 6. The lowest BCUT2D eigenvalue weighted by molar-refractivity contribution is -0.119. The SMILES string of the molecule is CC(=O)NCCC(O)C(O)c1ccc(CCl)c(F)c1. The molecule has 1 rings (SSSR count). The summed E-state index contributed by atoms with van der Waals surface area (Å²) in [5.74, 6) is -0.673. The van der Waals surface area contributed by atoms with Crippen LogP contribution in [-0.2, 0) is 10.7 Å². The molecule has 0 fully saturated rings. The number of aliphatic hydroxyl groups is 2. The summed E-state index contributed by atoms with van der Waals surface area (Å²) in [6.45, 7) is 1.61. The predicted molar refractivity (Wildman–Crippen MR) is 70.2 cm³/mol. The molecule has 19 heavy (non-hydrogen) atoms. The van der Waals surface area contributed by atoms with Gasteiger partial charge in [-0.05, 0) is 18.1 Å². The van der Waals surface area contributed by atoms with Crippen molar-refractivity contribution in [2.45, 2.75) is 31.4 Å². The third-order valence-electron chi connectivity index (χ3n) is 2.74. The highest BCUT2D eigenvalue weighted by Gasteiger charge is 2.19. The molecule has 0 bridgehead atoms. The molecule has 0 aromatic heterocycles. The molecule has 2 atom stereocenters. The van der Waals surface area contributed by atoms with Crippen LogP contribution in [0.25, 0.3) is 0 Å². The van der Waals surface area contributed by atoms with Crippen molar-refractivity contribution in [2.24, 2.45) is 0 Å². The first-order valence-corrected chi connectivity index (χ1v) is 6.44. The molecule has 0 aliphatic heterocycles. The molecule has 0 radical (unpaired) electrons. The Morgan fingerprint density at radius 1 is 1.47 bits per heavy atom. The monoisotopic (exact) mass is 289 g/mol. The van der Waals surface area contributed by atoms with Gasteiger partial charge >= 0.3 is 0 Å². The maximum atomic E-state index is 13.5. The molecule has 0 saturated carbocycles. The first-order chi connectivity index (χ1) is 8.95. The predicted octanol–water partition coefficient (Wildman–Crippen LogP) is 1.48. The standard InChI is InChI=1S/C13H17ClFNO3/c1-8(17)16-5-4-12(18)13(19)9-2-3-10(7-14)11(15)6-9/h2-3,6,12-13,18-19H,4-5,7H2,1H3,(H,16,17). The highest BCUT2D eigenvalue weighted by atomic mass is 35.5. The topological polar surface area (TPSA) is 69.6 Å². The number of carbonyl (C=O) groups excluding carboxylic acids is 1. The van der Waals surface area contributed by atoms with E-state index in [1.165, 1.54) is 19.1 Å². The zero-order valence-corrected chi connectivity index (χ0v) is 11.3. The van der Waals surface area contributed by atoms with E-state index in [2.05, 4.69) is 5.32 Å². The summed E-state index contributed by atoms with van der Waals surface area (Å²) in [5.41, 5.74) is 0.618. The Morgan fingerprint density at radius 3 is 2.68 bits per heavy atom. The zero-order chi connectivity index (χ0) is 14.4. The van der Waals surface area contributed by atoms with Crippen molar-refractivity contribution >= 4 is 17.5 Å². The van der Waals surface area contributed by atoms with Crippen LogP contribution in [0.3, 0.4) is 0 Å². The van der Waals surface area contributed by atoms with Gasteiger partial charge in [-0.1, -0.05) is 12.1 Å². The van der Waals surface area contributed by atoms with Crippen LogP contribution < -0.4 is 5.32 Å². The zero-order valence-electron chi connectivity index (χ0n) is 10.6. The summed E-state index contributed by atoms with van der Waals surface area (Å²) in [4.78, 5) is 10.7. The van der Waals surface area contributed by atoms with Crippen molar-refractivity contribution in [2.75, 3.05) is 6.54 Å². The molecule has 106 valence electrons. The maximum Gasteiger partial charge on any atom is 0.216 e. The third kappa shape index (κ3) is 4.78. The van der Waals surface area contributed by atoms with Crippen molar-refractivity contribution in [3.63, 3.8) is 0 Å². The Bertz CT molecular complexity index is 442. The highest BCUT2D eigenvalue weighted by molar-refractivity contribution is 6.17. The number of amides is 1. The summed E-state index contributed by atoms with van der Waals surface area (Å²) in [5, 5.41) is 22.1. The molecule has 0 aliphatic rings. The van der Waals surface area contributed by atoms with Gasteiger partial charge in [0.2, 0.25) is 5.91 Å². The smallest absolute Gasteiger partial charge is 0.216 e. The van der Waals surface area contributed by atoms with E-state index in [-0.39, 0.29) is 30.3 Å². The number of aliphatic hydroxyl groups excluding tert-OH is 2. The molecule has 0 aliphatic carbocycles. The van der Waals surface area contributed by atoms with Crippen LogP contribution in [0.5, 0.6) is 0 Å². The van der Waals surface area contributed by atoms with Crippen LogP contribution >= 0.6 is 11.6 Å². The van der Waals surface area contributed by atoms with Gasteiger partial charge in [0.1, 0.15) is 11.9 Å². The quantitative estimate of drug-likeness (QED) is 0.695. The van der Waals surface area contributed by atoms with E-state index in [1.807, 2.05) is 0 Å². The Hall–Kier alpha value is -1.17. The normalized spacial score (nSPS) is 13.9. The third-order valence-corrected chi connectivity index (χ3v) is 3.03. The molecule has 0 saturated heterocycles. The lowest BCUT2D eigenvalue weighted by atomic mass is 10.0. The van der Waals surface area contributed by atoms with E-state index in [0.717, 1.165) is 6.07 Å². The van der Waals surface area contributed by atoms with Gasteiger partial charge in [-0.3, -0.25) is 4.79 Å². The van der Waals surface area contributed by atoms with E-state index >= 15 is 0 Å². The van der Waals surface area contributed by atoms with E-state index in [0.29, 0.717) is 5.56 Å². The maximum absolute atomic E-state index is 13.5. The van der Waals surface area contributed by atoms with Gasteiger partial charge in [0, 0.05) is 19.0 Å². The fourth-order valence-electron chi connectivity index (χ4n) is 1.63. The van der Waals surface area contributed by atoms with Gasteiger partial charge in [0.15, 0.2) is 0 Å². The number of alkyl halides is 1. The van der Waals surface area contributed by atoms with Crippen molar-refractivity contribution < 1.29 is 19.4 Å². The van der Waals surface area contributed by atoms with E-state index < -0.39 is 18.0 Å². The van der Waals surface area contributed by atoms with Crippen LogP contribution in [0, 0.1) is 5.82 Å². The molecule has 1 aromatic carbocycles. The number of benzene rings is 1. The molecule has 0 spiro atoms.